The molecule has 0 aliphatic carbocycles. The molecule has 0 saturated heterocycles. The summed E-state index contributed by atoms with van der Waals surface area (Å²) < 4.78 is 10.5. The van der Waals surface area contributed by atoms with Crippen LogP contribution in [-0.2, 0) is 10.2 Å². The molecule has 0 radical (unpaired) electrons. The first-order valence-electron chi connectivity index (χ1n) is 7.08. The zero-order chi connectivity index (χ0) is 16.2. The van der Waals surface area contributed by atoms with Crippen LogP contribution in [0, 0.1) is 0 Å². The number of hydrogen-bond donors (Lipinski definition) is 1. The normalized spacial score (nSPS) is 10.9. The molecule has 0 fully saturated rings. The smallest absolute Gasteiger partial charge is 0.234 e. The molecule has 4 heteroatoms. The van der Waals surface area contributed by atoms with Crippen LogP contribution >= 0.6 is 0 Å². The molecule has 2 rings (SSSR count). The lowest BCUT2D eigenvalue weighted by atomic mass is 9.83. The minimum Gasteiger partial charge on any atom is -0.497 e. The van der Waals surface area contributed by atoms with Crippen molar-refractivity contribution in [3.63, 3.8) is 0 Å². The van der Waals surface area contributed by atoms with E-state index >= 15 is 0 Å². The molecule has 0 atom stereocenters. The van der Waals surface area contributed by atoms with Gasteiger partial charge in [-0.25, -0.2) is 0 Å². The second-order valence-electron chi connectivity index (χ2n) is 5.51. The summed E-state index contributed by atoms with van der Waals surface area (Å²) in [6.07, 6.45) is 0. The summed E-state index contributed by atoms with van der Waals surface area (Å²) in [5.74, 6) is 1.15. The van der Waals surface area contributed by atoms with Gasteiger partial charge < -0.3 is 14.8 Å². The van der Waals surface area contributed by atoms with Crippen molar-refractivity contribution in [2.45, 2.75) is 19.3 Å². The number of methoxy groups -OCH3 is 2. The van der Waals surface area contributed by atoms with Crippen molar-refractivity contribution in [2.24, 2.45) is 0 Å². The van der Waals surface area contributed by atoms with E-state index in [2.05, 4.69) is 5.32 Å². The third-order valence-electron chi connectivity index (χ3n) is 3.72. The fourth-order valence-corrected chi connectivity index (χ4v) is 2.18. The molecular weight excluding hydrogens is 278 g/mol. The van der Waals surface area contributed by atoms with E-state index in [9.17, 15) is 4.79 Å². The monoisotopic (exact) mass is 299 g/mol. The molecule has 0 bridgehead atoms. The first kappa shape index (κ1) is 15.9. The highest BCUT2D eigenvalue weighted by molar-refractivity contribution is 5.99. The van der Waals surface area contributed by atoms with Gasteiger partial charge in [0.2, 0.25) is 5.91 Å². The van der Waals surface area contributed by atoms with E-state index in [1.165, 1.54) is 0 Å². The summed E-state index contributed by atoms with van der Waals surface area (Å²) >= 11 is 0. The third kappa shape index (κ3) is 3.22. The van der Waals surface area contributed by atoms with Crippen LogP contribution in [0.25, 0.3) is 0 Å². The molecule has 0 aromatic heterocycles. The van der Waals surface area contributed by atoms with Crippen molar-refractivity contribution in [3.8, 4) is 11.5 Å². The Balaban J connectivity index is 2.28. The third-order valence-corrected chi connectivity index (χ3v) is 3.72. The molecule has 1 amide bonds. The van der Waals surface area contributed by atoms with Gasteiger partial charge in [0.15, 0.2) is 0 Å². The Morgan fingerprint density at radius 3 is 2.27 bits per heavy atom. The van der Waals surface area contributed by atoms with Gasteiger partial charge in [0.25, 0.3) is 0 Å². The SMILES string of the molecule is COc1ccc(OC)c(NC(=O)C(C)(C)c2ccccc2)c1. The predicted octanol–water partition coefficient (Wildman–Crippen LogP) is 3.62. The molecule has 0 heterocycles. The number of nitrogens with one attached hydrogen (secondary N) is 1. The second kappa shape index (κ2) is 6.52. The average molecular weight is 299 g/mol. The maximum atomic E-state index is 12.7. The lowest BCUT2D eigenvalue weighted by Crippen LogP contribution is -2.34. The number of hydrogen-bond acceptors (Lipinski definition) is 3. The van der Waals surface area contributed by atoms with E-state index in [1.54, 1.807) is 32.4 Å². The van der Waals surface area contributed by atoms with E-state index in [-0.39, 0.29) is 5.91 Å². The van der Waals surface area contributed by atoms with Crippen molar-refractivity contribution in [1.82, 2.24) is 0 Å². The summed E-state index contributed by atoms with van der Waals surface area (Å²) in [6, 6.07) is 15.0. The summed E-state index contributed by atoms with van der Waals surface area (Å²) in [7, 11) is 3.15. The molecule has 0 aliphatic heterocycles. The van der Waals surface area contributed by atoms with Gasteiger partial charge in [0, 0.05) is 6.07 Å². The van der Waals surface area contributed by atoms with Crippen molar-refractivity contribution >= 4 is 11.6 Å². The Kier molecular flexibility index (Phi) is 4.71. The van der Waals surface area contributed by atoms with Crippen LogP contribution in [-0.4, -0.2) is 20.1 Å². The zero-order valence-electron chi connectivity index (χ0n) is 13.3. The predicted molar refractivity (Wildman–Crippen MR) is 87.6 cm³/mol. The minimum atomic E-state index is -0.657. The van der Waals surface area contributed by atoms with Crippen LogP contribution in [0.5, 0.6) is 11.5 Å². The Labute approximate surface area is 131 Å². The highest BCUT2D eigenvalue weighted by Crippen LogP contribution is 2.31. The van der Waals surface area contributed by atoms with Crippen molar-refractivity contribution in [3.05, 3.63) is 54.1 Å². The number of carbonyl (C=O) groups is 1. The Hall–Kier alpha value is -2.49. The summed E-state index contributed by atoms with van der Waals surface area (Å²) in [5.41, 5.74) is 0.889. The highest BCUT2D eigenvalue weighted by atomic mass is 16.5. The molecule has 0 aliphatic rings. The largest absolute Gasteiger partial charge is 0.497 e. The molecule has 22 heavy (non-hydrogen) atoms. The first-order valence-corrected chi connectivity index (χ1v) is 7.08. The zero-order valence-corrected chi connectivity index (χ0v) is 13.3. The average Bonchev–Trinajstić information content (AvgIpc) is 2.55. The van der Waals surface area contributed by atoms with Gasteiger partial charge in [0.05, 0.1) is 25.3 Å². The van der Waals surface area contributed by atoms with Crippen LogP contribution < -0.4 is 14.8 Å². The number of carbonyl (C=O) groups excluding carboxylic acids is 1. The Morgan fingerprint density at radius 1 is 1.00 bits per heavy atom. The molecule has 2 aromatic rings. The topological polar surface area (TPSA) is 47.6 Å². The van der Waals surface area contributed by atoms with Gasteiger partial charge in [-0.2, -0.15) is 0 Å². The summed E-state index contributed by atoms with van der Waals surface area (Å²) in [6.45, 7) is 3.79. The van der Waals surface area contributed by atoms with E-state index in [0.29, 0.717) is 17.2 Å². The van der Waals surface area contributed by atoms with Crippen molar-refractivity contribution in [1.29, 1.82) is 0 Å². The van der Waals surface area contributed by atoms with E-state index in [1.807, 2.05) is 44.2 Å². The van der Waals surface area contributed by atoms with Crippen LogP contribution in [0.2, 0.25) is 0 Å². The van der Waals surface area contributed by atoms with Crippen LogP contribution in [0.3, 0.4) is 0 Å². The van der Waals surface area contributed by atoms with Gasteiger partial charge in [-0.3, -0.25) is 4.79 Å². The fraction of sp³-hybridized carbons (Fsp3) is 0.278. The number of ether oxygens (including phenoxy) is 2. The Morgan fingerprint density at radius 2 is 1.68 bits per heavy atom. The van der Waals surface area contributed by atoms with Gasteiger partial charge in [-0.1, -0.05) is 30.3 Å². The molecule has 0 saturated carbocycles. The maximum absolute atomic E-state index is 12.7. The fourth-order valence-electron chi connectivity index (χ4n) is 2.18. The van der Waals surface area contributed by atoms with Crippen LogP contribution in [0.15, 0.2) is 48.5 Å². The lowest BCUT2D eigenvalue weighted by Gasteiger charge is -2.24. The summed E-state index contributed by atoms with van der Waals surface area (Å²) in [5, 5.41) is 2.93. The van der Waals surface area contributed by atoms with Crippen molar-refractivity contribution < 1.29 is 14.3 Å². The van der Waals surface area contributed by atoms with Gasteiger partial charge >= 0.3 is 0 Å². The van der Waals surface area contributed by atoms with Gasteiger partial charge in [-0.05, 0) is 31.5 Å². The first-order chi connectivity index (χ1) is 10.5. The molecule has 0 unspecified atom stereocenters. The van der Waals surface area contributed by atoms with Crippen molar-refractivity contribution in [2.75, 3.05) is 19.5 Å². The second-order valence-corrected chi connectivity index (χ2v) is 5.51. The number of amides is 1. The number of rotatable bonds is 5. The van der Waals surface area contributed by atoms with E-state index in [0.717, 1.165) is 5.56 Å². The minimum absolute atomic E-state index is 0.106. The standard InChI is InChI=1S/C18H21NO3/c1-18(2,13-8-6-5-7-9-13)17(20)19-15-12-14(21-3)10-11-16(15)22-4/h5-12H,1-4H3,(H,19,20). The Bertz CT molecular complexity index is 651. The molecule has 0 spiro atoms. The summed E-state index contributed by atoms with van der Waals surface area (Å²) in [4.78, 5) is 12.7. The lowest BCUT2D eigenvalue weighted by molar-refractivity contribution is -0.120. The molecule has 116 valence electrons. The molecule has 1 N–H and O–H groups in total. The molecular formula is C18H21NO3. The number of anilines is 1. The van der Waals surface area contributed by atoms with Gasteiger partial charge in [0.1, 0.15) is 11.5 Å². The van der Waals surface area contributed by atoms with Crippen LogP contribution in [0.4, 0.5) is 5.69 Å². The van der Waals surface area contributed by atoms with Crippen LogP contribution in [0.1, 0.15) is 19.4 Å². The maximum Gasteiger partial charge on any atom is 0.234 e. The molecule has 2 aromatic carbocycles. The van der Waals surface area contributed by atoms with E-state index < -0.39 is 5.41 Å². The number of benzene rings is 2. The van der Waals surface area contributed by atoms with Gasteiger partial charge in [-0.15, -0.1) is 0 Å². The quantitative estimate of drug-likeness (QED) is 0.917. The van der Waals surface area contributed by atoms with E-state index in [4.69, 9.17) is 9.47 Å². The molecule has 4 nitrogen and oxygen atoms in total. The highest BCUT2D eigenvalue weighted by Gasteiger charge is 2.30.